The molecule has 6 heteroatoms. The Morgan fingerprint density at radius 3 is 2.71 bits per heavy atom. The van der Waals surface area contributed by atoms with Gasteiger partial charge in [-0.15, -0.1) is 0 Å². The van der Waals surface area contributed by atoms with E-state index in [1.165, 1.54) is 24.4 Å². The van der Waals surface area contributed by atoms with Crippen molar-refractivity contribution in [2.75, 3.05) is 5.43 Å². The predicted octanol–water partition coefficient (Wildman–Crippen LogP) is 3.07. The number of nitrogen functional groups attached to an aromatic ring is 1. The van der Waals surface area contributed by atoms with Crippen LogP contribution in [0.25, 0.3) is 11.3 Å². The van der Waals surface area contributed by atoms with Crippen LogP contribution < -0.4 is 11.3 Å². The number of benzene rings is 1. The number of hydrogen-bond donors (Lipinski definition) is 2. The topological polar surface area (TPSA) is 50.9 Å². The molecule has 0 aliphatic heterocycles. The summed E-state index contributed by atoms with van der Waals surface area (Å²) in [5.41, 5.74) is 2.91. The van der Waals surface area contributed by atoms with Gasteiger partial charge < -0.3 is 5.43 Å². The molecule has 2 aromatic rings. The third-order valence-electron chi connectivity index (χ3n) is 2.23. The van der Waals surface area contributed by atoms with Gasteiger partial charge in [0.25, 0.3) is 0 Å². The molecule has 0 atom stereocenters. The summed E-state index contributed by atoms with van der Waals surface area (Å²) in [4.78, 5) is 3.92. The van der Waals surface area contributed by atoms with Gasteiger partial charge in [-0.1, -0.05) is 0 Å². The highest BCUT2D eigenvalue weighted by Gasteiger charge is 2.15. The van der Waals surface area contributed by atoms with Gasteiger partial charge in [0.05, 0.1) is 21.4 Å². The largest absolute Gasteiger partial charge is 0.324 e. The van der Waals surface area contributed by atoms with E-state index < -0.39 is 11.6 Å². The lowest BCUT2D eigenvalue weighted by Gasteiger charge is -2.07. The first-order chi connectivity index (χ1) is 8.13. The molecule has 0 fully saturated rings. The van der Waals surface area contributed by atoms with E-state index in [4.69, 9.17) is 5.84 Å². The minimum absolute atomic E-state index is 0.178. The Hall–Kier alpha value is -1.53. The van der Waals surface area contributed by atoms with Crippen LogP contribution in [-0.4, -0.2) is 4.98 Å². The number of anilines is 1. The smallest absolute Gasteiger partial charge is 0.149 e. The van der Waals surface area contributed by atoms with Crippen LogP contribution in [0, 0.1) is 11.6 Å². The number of aromatic nitrogens is 1. The fraction of sp³-hybridized carbons (Fsp3) is 0. The molecule has 0 unspecified atom stereocenters. The van der Waals surface area contributed by atoms with E-state index in [0.717, 1.165) is 0 Å². The van der Waals surface area contributed by atoms with Gasteiger partial charge in [0.15, 0.2) is 0 Å². The highest BCUT2D eigenvalue weighted by Crippen LogP contribution is 2.30. The van der Waals surface area contributed by atoms with Crippen LogP contribution in [0.4, 0.5) is 14.5 Å². The van der Waals surface area contributed by atoms with E-state index in [1.54, 1.807) is 6.07 Å². The van der Waals surface area contributed by atoms with Gasteiger partial charge >= 0.3 is 0 Å². The summed E-state index contributed by atoms with van der Waals surface area (Å²) in [6.45, 7) is 0. The van der Waals surface area contributed by atoms with Crippen molar-refractivity contribution in [2.45, 2.75) is 0 Å². The van der Waals surface area contributed by atoms with Gasteiger partial charge in [-0.2, -0.15) is 0 Å². The number of nitrogens with zero attached hydrogens (tertiary/aromatic N) is 1. The summed E-state index contributed by atoms with van der Waals surface area (Å²) in [6.07, 6.45) is 1.42. The highest BCUT2D eigenvalue weighted by atomic mass is 79.9. The molecule has 1 aromatic heterocycles. The quantitative estimate of drug-likeness (QED) is 0.509. The molecule has 0 amide bonds. The standard InChI is InChI=1S/C11H8BrF2N3/c12-7-1-2-8(13)10(11(7)14)9-5-6(17-15)3-4-16-9/h1-5H,15H2,(H,16,17). The average Bonchev–Trinajstić information content (AvgIpc) is 2.35. The van der Waals surface area contributed by atoms with Crippen LogP contribution in [0.1, 0.15) is 0 Å². The number of hydrogen-bond acceptors (Lipinski definition) is 3. The molecule has 0 spiro atoms. The number of hydrazine groups is 1. The van der Waals surface area contributed by atoms with Gasteiger partial charge in [-0.05, 0) is 40.2 Å². The van der Waals surface area contributed by atoms with Gasteiger partial charge in [-0.25, -0.2) is 8.78 Å². The molecule has 0 bridgehead atoms. The zero-order chi connectivity index (χ0) is 12.4. The molecule has 88 valence electrons. The third kappa shape index (κ3) is 2.27. The van der Waals surface area contributed by atoms with Gasteiger partial charge in [0, 0.05) is 6.20 Å². The molecule has 2 rings (SSSR count). The zero-order valence-corrected chi connectivity index (χ0v) is 10.1. The summed E-state index contributed by atoms with van der Waals surface area (Å²) >= 11 is 3.00. The normalized spacial score (nSPS) is 10.4. The maximum atomic E-state index is 13.8. The molecule has 17 heavy (non-hydrogen) atoms. The fourth-order valence-corrected chi connectivity index (χ4v) is 1.75. The van der Waals surface area contributed by atoms with Crippen molar-refractivity contribution in [3.05, 3.63) is 46.6 Å². The molecule has 0 saturated carbocycles. The first kappa shape index (κ1) is 11.9. The van der Waals surface area contributed by atoms with E-state index in [2.05, 4.69) is 26.3 Å². The Bertz CT molecular complexity index is 560. The fourth-order valence-electron chi connectivity index (χ4n) is 1.42. The average molecular weight is 300 g/mol. The second-order valence-corrected chi connectivity index (χ2v) is 4.15. The summed E-state index contributed by atoms with van der Waals surface area (Å²) in [6, 6.07) is 5.54. The Kier molecular flexibility index (Phi) is 3.35. The second-order valence-electron chi connectivity index (χ2n) is 3.29. The van der Waals surface area contributed by atoms with Crippen LogP contribution in [0.5, 0.6) is 0 Å². The minimum Gasteiger partial charge on any atom is -0.324 e. The number of nitrogens with two attached hydrogens (primary N) is 1. The van der Waals surface area contributed by atoms with E-state index in [-0.39, 0.29) is 15.7 Å². The van der Waals surface area contributed by atoms with Crippen molar-refractivity contribution in [2.24, 2.45) is 5.84 Å². The lowest BCUT2D eigenvalue weighted by molar-refractivity contribution is 0.584. The summed E-state index contributed by atoms with van der Waals surface area (Å²) < 4.78 is 27.6. The van der Waals surface area contributed by atoms with Crippen LogP contribution in [0.2, 0.25) is 0 Å². The number of nitrogens with one attached hydrogen (secondary N) is 1. The Labute approximate surface area is 105 Å². The van der Waals surface area contributed by atoms with Crippen molar-refractivity contribution in [1.82, 2.24) is 4.98 Å². The molecule has 3 N–H and O–H groups in total. The zero-order valence-electron chi connectivity index (χ0n) is 8.55. The van der Waals surface area contributed by atoms with Crippen LogP contribution in [0.15, 0.2) is 34.9 Å². The number of halogens is 3. The number of rotatable bonds is 2. The van der Waals surface area contributed by atoms with E-state index in [0.29, 0.717) is 5.69 Å². The molecular formula is C11H8BrF2N3. The molecule has 0 saturated heterocycles. The van der Waals surface area contributed by atoms with Gasteiger partial charge in [0.2, 0.25) is 0 Å². The molecule has 1 aromatic carbocycles. The van der Waals surface area contributed by atoms with Crippen LogP contribution in [0.3, 0.4) is 0 Å². The predicted molar refractivity (Wildman–Crippen MR) is 65.1 cm³/mol. The molecule has 1 heterocycles. The lowest BCUT2D eigenvalue weighted by atomic mass is 10.1. The van der Waals surface area contributed by atoms with E-state index in [1.807, 2.05) is 0 Å². The van der Waals surface area contributed by atoms with Gasteiger partial charge in [0.1, 0.15) is 11.6 Å². The van der Waals surface area contributed by atoms with E-state index >= 15 is 0 Å². The van der Waals surface area contributed by atoms with Crippen LogP contribution >= 0.6 is 15.9 Å². The molecular weight excluding hydrogens is 292 g/mol. The Morgan fingerprint density at radius 1 is 1.24 bits per heavy atom. The summed E-state index contributed by atoms with van der Waals surface area (Å²) in [5.74, 6) is 3.87. The van der Waals surface area contributed by atoms with Crippen molar-refractivity contribution in [1.29, 1.82) is 0 Å². The van der Waals surface area contributed by atoms with Crippen LogP contribution in [-0.2, 0) is 0 Å². The van der Waals surface area contributed by atoms with Crippen molar-refractivity contribution >= 4 is 21.6 Å². The first-order valence-electron chi connectivity index (χ1n) is 4.70. The summed E-state index contributed by atoms with van der Waals surface area (Å²) in [7, 11) is 0. The second kappa shape index (κ2) is 4.77. The highest BCUT2D eigenvalue weighted by molar-refractivity contribution is 9.10. The molecule has 0 aliphatic carbocycles. The summed E-state index contributed by atoms with van der Waals surface area (Å²) in [5, 5.41) is 0. The minimum atomic E-state index is -0.688. The molecule has 0 aliphatic rings. The van der Waals surface area contributed by atoms with E-state index in [9.17, 15) is 8.78 Å². The SMILES string of the molecule is NNc1ccnc(-c2c(F)ccc(Br)c2F)c1. The van der Waals surface area contributed by atoms with Gasteiger partial charge in [-0.3, -0.25) is 10.8 Å². The number of pyridine rings is 1. The van der Waals surface area contributed by atoms with Crippen molar-refractivity contribution in [3.8, 4) is 11.3 Å². The van der Waals surface area contributed by atoms with Crippen molar-refractivity contribution in [3.63, 3.8) is 0 Å². The molecule has 3 nitrogen and oxygen atoms in total. The Morgan fingerprint density at radius 2 is 2.00 bits per heavy atom. The molecule has 0 radical (unpaired) electrons. The first-order valence-corrected chi connectivity index (χ1v) is 5.49. The Balaban J connectivity index is 2.63. The maximum Gasteiger partial charge on any atom is 0.149 e. The monoisotopic (exact) mass is 299 g/mol. The maximum absolute atomic E-state index is 13.8. The third-order valence-corrected chi connectivity index (χ3v) is 2.84. The lowest BCUT2D eigenvalue weighted by Crippen LogP contribution is -2.07. The van der Waals surface area contributed by atoms with Crippen molar-refractivity contribution < 1.29 is 8.78 Å².